The predicted octanol–water partition coefficient (Wildman–Crippen LogP) is -0.371. The number of aromatic nitrogens is 2. The van der Waals surface area contributed by atoms with Crippen LogP contribution < -0.4 is 10.6 Å². The highest BCUT2D eigenvalue weighted by atomic mass is 32.1. The van der Waals surface area contributed by atoms with Crippen LogP contribution >= 0.6 is 11.3 Å². The lowest BCUT2D eigenvalue weighted by Gasteiger charge is -2.03. The Balaban J connectivity index is 2.23. The fourth-order valence-corrected chi connectivity index (χ4v) is 1.32. The first kappa shape index (κ1) is 12.5. The quantitative estimate of drug-likeness (QED) is 0.544. The molecule has 2 amide bonds. The van der Waals surface area contributed by atoms with E-state index in [2.05, 4.69) is 20.8 Å². The van der Waals surface area contributed by atoms with Crippen molar-refractivity contribution in [2.75, 3.05) is 25.6 Å². The van der Waals surface area contributed by atoms with E-state index in [0.29, 0.717) is 24.7 Å². The van der Waals surface area contributed by atoms with Crippen LogP contribution in [0.25, 0.3) is 0 Å². The third-order valence-electron chi connectivity index (χ3n) is 1.60. The maximum atomic E-state index is 11.3. The second-order valence-corrected chi connectivity index (χ2v) is 3.63. The van der Waals surface area contributed by atoms with Crippen molar-refractivity contribution in [1.29, 1.82) is 0 Å². The summed E-state index contributed by atoms with van der Waals surface area (Å²) in [5, 5.41) is 12.2. The molecule has 1 aromatic rings. The summed E-state index contributed by atoms with van der Waals surface area (Å²) in [5.74, 6) is -1.43. The van der Waals surface area contributed by atoms with E-state index in [1.165, 1.54) is 5.51 Å². The van der Waals surface area contributed by atoms with Gasteiger partial charge in [0.15, 0.2) is 0 Å². The minimum absolute atomic E-state index is 0.303. The van der Waals surface area contributed by atoms with E-state index in [1.807, 2.05) is 0 Å². The van der Waals surface area contributed by atoms with Gasteiger partial charge in [0.2, 0.25) is 5.13 Å². The number of amides is 2. The Hall–Kier alpha value is -1.54. The maximum absolute atomic E-state index is 11.3. The van der Waals surface area contributed by atoms with E-state index in [4.69, 9.17) is 4.74 Å². The van der Waals surface area contributed by atoms with Crippen molar-refractivity contribution in [3.05, 3.63) is 5.51 Å². The first-order valence-corrected chi connectivity index (χ1v) is 5.46. The van der Waals surface area contributed by atoms with Crippen molar-refractivity contribution >= 4 is 28.3 Å². The van der Waals surface area contributed by atoms with E-state index < -0.39 is 11.8 Å². The first-order chi connectivity index (χ1) is 7.74. The minimum Gasteiger partial charge on any atom is -0.385 e. The van der Waals surface area contributed by atoms with Crippen molar-refractivity contribution in [2.24, 2.45) is 0 Å². The average molecular weight is 244 g/mol. The summed E-state index contributed by atoms with van der Waals surface area (Å²) in [6.45, 7) is 0.939. The fourth-order valence-electron chi connectivity index (χ4n) is 0.880. The molecule has 0 saturated carbocycles. The molecular formula is C8H12N4O3S. The molecule has 0 aliphatic heterocycles. The molecule has 0 aliphatic rings. The molecule has 0 bridgehead atoms. The summed E-state index contributed by atoms with van der Waals surface area (Å²) in [6.07, 6.45) is 0.661. The van der Waals surface area contributed by atoms with E-state index in [9.17, 15) is 9.59 Å². The van der Waals surface area contributed by atoms with Crippen molar-refractivity contribution in [1.82, 2.24) is 15.5 Å². The Kier molecular flexibility index (Phi) is 5.37. The second kappa shape index (κ2) is 6.85. The van der Waals surface area contributed by atoms with Crippen LogP contribution in [-0.4, -0.2) is 42.3 Å². The number of carbonyl (C=O) groups is 2. The molecule has 0 radical (unpaired) electrons. The highest BCUT2D eigenvalue weighted by Crippen LogP contribution is 2.06. The molecule has 0 spiro atoms. The Morgan fingerprint density at radius 2 is 2.31 bits per heavy atom. The molecule has 0 aromatic carbocycles. The van der Waals surface area contributed by atoms with Gasteiger partial charge in [-0.3, -0.25) is 14.9 Å². The number of hydrogen-bond donors (Lipinski definition) is 2. The molecule has 1 aromatic heterocycles. The van der Waals surface area contributed by atoms with Crippen LogP contribution in [0.15, 0.2) is 5.51 Å². The van der Waals surface area contributed by atoms with E-state index in [1.54, 1.807) is 7.11 Å². The van der Waals surface area contributed by atoms with Crippen molar-refractivity contribution < 1.29 is 14.3 Å². The molecule has 0 aliphatic carbocycles. The highest BCUT2D eigenvalue weighted by molar-refractivity contribution is 7.13. The van der Waals surface area contributed by atoms with Gasteiger partial charge in [0.1, 0.15) is 5.51 Å². The van der Waals surface area contributed by atoms with Crippen LogP contribution in [0.2, 0.25) is 0 Å². The third-order valence-corrected chi connectivity index (χ3v) is 2.20. The van der Waals surface area contributed by atoms with Gasteiger partial charge in [0.05, 0.1) is 0 Å². The smallest absolute Gasteiger partial charge is 0.315 e. The zero-order chi connectivity index (χ0) is 11.8. The Morgan fingerprint density at radius 1 is 1.50 bits per heavy atom. The molecular weight excluding hydrogens is 232 g/mol. The van der Waals surface area contributed by atoms with Crippen LogP contribution in [0.3, 0.4) is 0 Å². The van der Waals surface area contributed by atoms with Gasteiger partial charge in [0, 0.05) is 20.3 Å². The van der Waals surface area contributed by atoms with Gasteiger partial charge in [-0.2, -0.15) is 0 Å². The second-order valence-electron chi connectivity index (χ2n) is 2.80. The van der Waals surface area contributed by atoms with Crippen LogP contribution in [-0.2, 0) is 14.3 Å². The van der Waals surface area contributed by atoms with Gasteiger partial charge >= 0.3 is 11.8 Å². The number of nitrogens with one attached hydrogen (secondary N) is 2. The number of nitrogens with zero attached hydrogens (tertiary/aromatic N) is 2. The fraction of sp³-hybridized carbons (Fsp3) is 0.500. The summed E-state index contributed by atoms with van der Waals surface area (Å²) in [4.78, 5) is 22.5. The number of methoxy groups -OCH3 is 1. The monoisotopic (exact) mass is 244 g/mol. The summed E-state index contributed by atoms with van der Waals surface area (Å²) < 4.78 is 4.80. The lowest BCUT2D eigenvalue weighted by Crippen LogP contribution is -2.36. The zero-order valence-corrected chi connectivity index (χ0v) is 9.54. The lowest BCUT2D eigenvalue weighted by molar-refractivity contribution is -0.136. The molecule has 2 N–H and O–H groups in total. The van der Waals surface area contributed by atoms with Gasteiger partial charge in [0.25, 0.3) is 0 Å². The maximum Gasteiger partial charge on any atom is 0.315 e. The minimum atomic E-state index is -0.742. The molecule has 0 fully saturated rings. The summed E-state index contributed by atoms with van der Waals surface area (Å²) in [5.41, 5.74) is 1.46. The normalized spacial score (nSPS) is 9.81. The molecule has 0 saturated heterocycles. The summed E-state index contributed by atoms with van der Waals surface area (Å²) in [6, 6.07) is 0. The highest BCUT2D eigenvalue weighted by Gasteiger charge is 2.13. The summed E-state index contributed by atoms with van der Waals surface area (Å²) in [7, 11) is 1.57. The van der Waals surface area contributed by atoms with Gasteiger partial charge < -0.3 is 10.1 Å². The van der Waals surface area contributed by atoms with E-state index >= 15 is 0 Å². The molecule has 0 unspecified atom stereocenters. The molecule has 1 rings (SSSR count). The molecule has 7 nitrogen and oxygen atoms in total. The van der Waals surface area contributed by atoms with Crippen molar-refractivity contribution in [2.45, 2.75) is 6.42 Å². The van der Waals surface area contributed by atoms with Crippen molar-refractivity contribution in [3.8, 4) is 0 Å². The van der Waals surface area contributed by atoms with Gasteiger partial charge in [-0.15, -0.1) is 10.2 Å². The van der Waals surface area contributed by atoms with Gasteiger partial charge in [-0.1, -0.05) is 11.3 Å². The van der Waals surface area contributed by atoms with Crippen LogP contribution in [0.4, 0.5) is 5.13 Å². The van der Waals surface area contributed by atoms with Crippen LogP contribution in [0.1, 0.15) is 6.42 Å². The van der Waals surface area contributed by atoms with Crippen molar-refractivity contribution in [3.63, 3.8) is 0 Å². The molecule has 0 atom stereocenters. The third kappa shape index (κ3) is 4.32. The number of ether oxygens (including phenoxy) is 1. The standard InChI is InChI=1S/C8H12N4O3S/c1-15-4-2-3-9-6(13)7(14)11-8-12-10-5-16-8/h5H,2-4H2,1H3,(H,9,13)(H,11,12,14). The van der Waals surface area contributed by atoms with Gasteiger partial charge in [-0.25, -0.2) is 0 Å². The predicted molar refractivity (Wildman–Crippen MR) is 58.0 cm³/mol. The van der Waals surface area contributed by atoms with Crippen LogP contribution in [0, 0.1) is 0 Å². The number of hydrogen-bond acceptors (Lipinski definition) is 6. The molecule has 8 heteroatoms. The number of rotatable bonds is 5. The average Bonchev–Trinajstić information content (AvgIpc) is 2.76. The Morgan fingerprint density at radius 3 is 2.94 bits per heavy atom. The van der Waals surface area contributed by atoms with E-state index in [-0.39, 0.29) is 0 Å². The molecule has 16 heavy (non-hydrogen) atoms. The zero-order valence-electron chi connectivity index (χ0n) is 8.73. The first-order valence-electron chi connectivity index (χ1n) is 4.58. The molecule has 1 heterocycles. The Labute approximate surface area is 96.2 Å². The number of carbonyl (C=O) groups excluding carboxylic acids is 2. The number of anilines is 1. The topological polar surface area (TPSA) is 93.2 Å². The SMILES string of the molecule is COCCCNC(=O)C(=O)Nc1nncs1. The van der Waals surface area contributed by atoms with Crippen LogP contribution in [0.5, 0.6) is 0 Å². The van der Waals surface area contributed by atoms with Gasteiger partial charge in [-0.05, 0) is 6.42 Å². The molecule has 88 valence electrons. The van der Waals surface area contributed by atoms with E-state index in [0.717, 1.165) is 11.3 Å². The largest absolute Gasteiger partial charge is 0.385 e. The lowest BCUT2D eigenvalue weighted by atomic mass is 10.4. The summed E-state index contributed by atoms with van der Waals surface area (Å²) >= 11 is 1.15. The Bertz CT molecular complexity index is 341.